The van der Waals surface area contributed by atoms with E-state index in [0.29, 0.717) is 12.1 Å². The normalized spacial score (nSPS) is 26.8. The molecule has 3 aromatic rings. The van der Waals surface area contributed by atoms with Crippen molar-refractivity contribution in [2.75, 3.05) is 5.32 Å². The summed E-state index contributed by atoms with van der Waals surface area (Å²) in [6.07, 6.45) is 2.61. The molecule has 24 heavy (non-hydrogen) atoms. The van der Waals surface area contributed by atoms with Gasteiger partial charge in [0.15, 0.2) is 5.65 Å². The van der Waals surface area contributed by atoms with Crippen LogP contribution in [0.4, 0.5) is 5.82 Å². The number of pyridine rings is 1. The molecule has 3 heterocycles. The molecule has 4 atom stereocenters. The molecule has 0 aliphatic heterocycles. The number of fused-ring (bicyclic) bond motifs is 1. The summed E-state index contributed by atoms with van der Waals surface area (Å²) in [6, 6.07) is 9.13. The van der Waals surface area contributed by atoms with Gasteiger partial charge in [-0.05, 0) is 30.5 Å². The topological polar surface area (TPSA) is 95.6 Å². The predicted molar refractivity (Wildman–Crippen MR) is 89.4 cm³/mol. The minimum Gasteiger partial charge on any atom is -0.390 e. The fourth-order valence-corrected chi connectivity index (χ4v) is 3.23. The van der Waals surface area contributed by atoms with Gasteiger partial charge in [0, 0.05) is 18.5 Å². The summed E-state index contributed by atoms with van der Waals surface area (Å²) < 4.78 is 1.70. The van der Waals surface area contributed by atoms with Crippen LogP contribution in [0.1, 0.15) is 13.3 Å². The minimum absolute atomic E-state index is 0.0523. The molecule has 3 aromatic heterocycles. The molecule has 124 valence electrons. The van der Waals surface area contributed by atoms with Crippen molar-refractivity contribution in [2.45, 2.75) is 31.6 Å². The molecule has 7 heteroatoms. The van der Waals surface area contributed by atoms with E-state index in [2.05, 4.69) is 20.4 Å². The zero-order valence-corrected chi connectivity index (χ0v) is 13.2. The molecular weight excluding hydrogens is 306 g/mol. The van der Waals surface area contributed by atoms with Crippen LogP contribution in [0.5, 0.6) is 0 Å². The standard InChI is InChI=1S/C17H19N5O2/c1-10-8-13(17(24)16(10)23)20-14-5-7-19-15-9-12(21-22(14)15)11-4-2-3-6-18-11/h2-7,9-10,13,16-17,20,23-24H,8H2,1H3/t10-,13-,16-,17+/m1/s1. The van der Waals surface area contributed by atoms with Crippen LogP contribution in [-0.4, -0.2) is 48.0 Å². The molecule has 0 bridgehead atoms. The second-order valence-corrected chi connectivity index (χ2v) is 6.29. The summed E-state index contributed by atoms with van der Waals surface area (Å²) in [5.74, 6) is 0.782. The second kappa shape index (κ2) is 5.85. The van der Waals surface area contributed by atoms with Gasteiger partial charge in [0.25, 0.3) is 0 Å². The van der Waals surface area contributed by atoms with Crippen molar-refractivity contribution in [3.05, 3.63) is 42.7 Å². The largest absolute Gasteiger partial charge is 0.390 e. The molecule has 0 saturated heterocycles. The van der Waals surface area contributed by atoms with Crippen molar-refractivity contribution >= 4 is 11.5 Å². The van der Waals surface area contributed by atoms with Gasteiger partial charge in [-0.1, -0.05) is 13.0 Å². The molecule has 1 saturated carbocycles. The van der Waals surface area contributed by atoms with Crippen LogP contribution in [0, 0.1) is 5.92 Å². The number of nitrogens with one attached hydrogen (secondary N) is 1. The van der Waals surface area contributed by atoms with Crippen molar-refractivity contribution in [3.63, 3.8) is 0 Å². The fourth-order valence-electron chi connectivity index (χ4n) is 3.23. The van der Waals surface area contributed by atoms with Gasteiger partial charge in [-0.25, -0.2) is 4.98 Å². The first-order chi connectivity index (χ1) is 11.6. The van der Waals surface area contributed by atoms with E-state index in [0.717, 1.165) is 17.2 Å². The van der Waals surface area contributed by atoms with Crippen molar-refractivity contribution in [1.29, 1.82) is 0 Å². The molecule has 3 N–H and O–H groups in total. The summed E-state index contributed by atoms with van der Waals surface area (Å²) in [5, 5.41) is 28.0. The molecular formula is C17H19N5O2. The monoisotopic (exact) mass is 325 g/mol. The van der Waals surface area contributed by atoms with Gasteiger partial charge in [0.1, 0.15) is 17.6 Å². The van der Waals surface area contributed by atoms with Crippen LogP contribution in [0.15, 0.2) is 42.7 Å². The Bertz CT molecular complexity index is 851. The van der Waals surface area contributed by atoms with Crippen molar-refractivity contribution in [2.24, 2.45) is 5.92 Å². The van der Waals surface area contributed by atoms with Gasteiger partial charge in [-0.2, -0.15) is 9.61 Å². The van der Waals surface area contributed by atoms with E-state index in [-0.39, 0.29) is 12.0 Å². The number of anilines is 1. The van der Waals surface area contributed by atoms with Crippen molar-refractivity contribution in [1.82, 2.24) is 19.6 Å². The Kier molecular flexibility index (Phi) is 3.66. The molecule has 1 aliphatic rings. The fraction of sp³-hybridized carbons (Fsp3) is 0.353. The van der Waals surface area contributed by atoms with Crippen LogP contribution in [0.25, 0.3) is 17.0 Å². The Morgan fingerprint density at radius 1 is 1.08 bits per heavy atom. The molecule has 0 amide bonds. The highest BCUT2D eigenvalue weighted by Gasteiger charge is 2.39. The van der Waals surface area contributed by atoms with E-state index in [9.17, 15) is 10.2 Å². The van der Waals surface area contributed by atoms with Gasteiger partial charge in [-0.15, -0.1) is 0 Å². The Morgan fingerprint density at radius 2 is 1.96 bits per heavy atom. The third kappa shape index (κ3) is 2.51. The van der Waals surface area contributed by atoms with Crippen LogP contribution in [-0.2, 0) is 0 Å². The number of hydrogen-bond acceptors (Lipinski definition) is 6. The summed E-state index contributed by atoms with van der Waals surface area (Å²) in [7, 11) is 0. The van der Waals surface area contributed by atoms with Gasteiger partial charge in [0.05, 0.1) is 17.8 Å². The Labute approximate surface area is 139 Å². The van der Waals surface area contributed by atoms with E-state index in [1.54, 1.807) is 16.9 Å². The van der Waals surface area contributed by atoms with Crippen LogP contribution >= 0.6 is 0 Å². The van der Waals surface area contributed by atoms with E-state index in [1.165, 1.54) is 0 Å². The lowest BCUT2D eigenvalue weighted by Gasteiger charge is -2.19. The van der Waals surface area contributed by atoms with Crippen molar-refractivity contribution in [3.8, 4) is 11.4 Å². The number of aliphatic hydroxyl groups is 2. The van der Waals surface area contributed by atoms with Gasteiger partial charge in [0.2, 0.25) is 0 Å². The van der Waals surface area contributed by atoms with Crippen LogP contribution < -0.4 is 5.32 Å². The molecule has 1 aliphatic carbocycles. The summed E-state index contributed by atoms with van der Waals surface area (Å²) in [5.41, 5.74) is 2.21. The van der Waals surface area contributed by atoms with Crippen molar-refractivity contribution < 1.29 is 10.2 Å². The Balaban J connectivity index is 1.68. The van der Waals surface area contributed by atoms with Crippen LogP contribution in [0.2, 0.25) is 0 Å². The quantitative estimate of drug-likeness (QED) is 0.672. The number of rotatable bonds is 3. The lowest BCUT2D eigenvalue weighted by molar-refractivity contribution is 0.0210. The summed E-state index contributed by atoms with van der Waals surface area (Å²) >= 11 is 0. The lowest BCUT2D eigenvalue weighted by Crippen LogP contribution is -2.35. The lowest BCUT2D eigenvalue weighted by atomic mass is 10.1. The Hall–Kier alpha value is -2.51. The third-order valence-corrected chi connectivity index (χ3v) is 4.59. The van der Waals surface area contributed by atoms with Gasteiger partial charge in [-0.3, -0.25) is 4.98 Å². The highest BCUT2D eigenvalue weighted by atomic mass is 16.3. The zero-order valence-electron chi connectivity index (χ0n) is 13.2. The molecule has 0 spiro atoms. The first-order valence-electron chi connectivity index (χ1n) is 8.02. The van der Waals surface area contributed by atoms with Crippen LogP contribution in [0.3, 0.4) is 0 Å². The first-order valence-corrected chi connectivity index (χ1v) is 8.02. The number of hydrogen-bond donors (Lipinski definition) is 3. The first kappa shape index (κ1) is 15.0. The zero-order chi connectivity index (χ0) is 16.7. The SMILES string of the molecule is C[C@@H]1C[C@@H](Nc2ccnc3cc(-c4ccccn4)nn23)[C@H](O)[C@@H]1O. The average molecular weight is 325 g/mol. The van der Waals surface area contributed by atoms with Gasteiger partial charge < -0.3 is 15.5 Å². The molecule has 0 radical (unpaired) electrons. The molecule has 0 unspecified atom stereocenters. The highest BCUT2D eigenvalue weighted by molar-refractivity contribution is 5.62. The average Bonchev–Trinajstić information content (AvgIpc) is 3.14. The smallest absolute Gasteiger partial charge is 0.157 e. The van der Waals surface area contributed by atoms with E-state index in [1.807, 2.05) is 37.3 Å². The Morgan fingerprint density at radius 3 is 2.67 bits per heavy atom. The van der Waals surface area contributed by atoms with E-state index in [4.69, 9.17) is 0 Å². The number of aromatic nitrogens is 4. The number of nitrogens with zero attached hydrogens (tertiary/aromatic N) is 4. The third-order valence-electron chi connectivity index (χ3n) is 4.59. The van der Waals surface area contributed by atoms with E-state index < -0.39 is 12.2 Å². The molecule has 1 fully saturated rings. The predicted octanol–water partition coefficient (Wildman–Crippen LogP) is 1.33. The van der Waals surface area contributed by atoms with E-state index >= 15 is 0 Å². The maximum atomic E-state index is 10.2. The maximum Gasteiger partial charge on any atom is 0.157 e. The minimum atomic E-state index is -0.797. The second-order valence-electron chi connectivity index (χ2n) is 6.29. The molecule has 0 aromatic carbocycles. The summed E-state index contributed by atoms with van der Waals surface area (Å²) in [4.78, 5) is 8.64. The summed E-state index contributed by atoms with van der Waals surface area (Å²) in [6.45, 7) is 1.94. The molecule has 4 rings (SSSR count). The number of aliphatic hydroxyl groups excluding tert-OH is 2. The maximum absolute atomic E-state index is 10.2. The molecule has 7 nitrogen and oxygen atoms in total. The van der Waals surface area contributed by atoms with Gasteiger partial charge >= 0.3 is 0 Å². The highest BCUT2D eigenvalue weighted by Crippen LogP contribution is 2.29.